The third kappa shape index (κ3) is 6.94. The molecule has 1 aliphatic heterocycles. The second-order valence-electron chi connectivity index (χ2n) is 7.12. The fourth-order valence-electron chi connectivity index (χ4n) is 3.12. The molecule has 1 fully saturated rings. The number of ether oxygens (including phenoxy) is 1. The molecule has 2 aromatic rings. The van der Waals surface area contributed by atoms with Crippen LogP contribution in [0.5, 0.6) is 5.75 Å². The fraction of sp³-hybridized carbons (Fsp3) is 0.333. The summed E-state index contributed by atoms with van der Waals surface area (Å²) in [5, 5.41) is 1.21. The van der Waals surface area contributed by atoms with Gasteiger partial charge in [0.25, 0.3) is 0 Å². The van der Waals surface area contributed by atoms with Crippen LogP contribution in [-0.4, -0.2) is 46.7 Å². The van der Waals surface area contributed by atoms with Crippen LogP contribution in [-0.2, 0) is 31.4 Å². The molecule has 0 saturated carbocycles. The summed E-state index contributed by atoms with van der Waals surface area (Å²) in [7, 11) is -7.32. The minimum atomic E-state index is -3.70. The van der Waals surface area contributed by atoms with E-state index in [4.69, 9.17) is 8.92 Å². The van der Waals surface area contributed by atoms with Crippen molar-refractivity contribution in [1.29, 1.82) is 0 Å². The minimum absolute atomic E-state index is 0.139. The molecule has 1 saturated heterocycles. The van der Waals surface area contributed by atoms with E-state index in [0.29, 0.717) is 12.2 Å². The summed E-state index contributed by atoms with van der Waals surface area (Å²) in [4.78, 5) is 0. The van der Waals surface area contributed by atoms with Crippen LogP contribution in [0.1, 0.15) is 24.0 Å². The van der Waals surface area contributed by atoms with Gasteiger partial charge in [0.2, 0.25) is 10.0 Å². The maximum absolute atomic E-state index is 13.0. The molecule has 1 heterocycles. The molecule has 3 rings (SSSR count). The molecule has 0 aromatic heterocycles. The van der Waals surface area contributed by atoms with Crippen molar-refractivity contribution in [1.82, 2.24) is 4.31 Å². The van der Waals surface area contributed by atoms with Gasteiger partial charge in [-0.3, -0.25) is 0 Å². The number of benzene rings is 2. The highest BCUT2D eigenvalue weighted by Crippen LogP contribution is 2.21. The first-order valence-corrected chi connectivity index (χ1v) is 12.9. The van der Waals surface area contributed by atoms with Gasteiger partial charge in [0.05, 0.1) is 12.4 Å². The molecule has 1 atom stereocenters. The Hall–Kier alpha value is -2.20. The normalized spacial score (nSPS) is 17.6. The number of sulfonamides is 1. The first-order valence-electron chi connectivity index (χ1n) is 9.54. The number of hydrogen-bond acceptors (Lipinski definition) is 6. The van der Waals surface area contributed by atoms with E-state index in [0.717, 1.165) is 24.7 Å². The van der Waals surface area contributed by atoms with Crippen molar-refractivity contribution in [2.75, 3.05) is 19.4 Å². The van der Waals surface area contributed by atoms with Crippen molar-refractivity contribution in [3.8, 4) is 5.75 Å². The van der Waals surface area contributed by atoms with Gasteiger partial charge >= 0.3 is 10.1 Å². The van der Waals surface area contributed by atoms with Crippen molar-refractivity contribution >= 4 is 26.2 Å². The molecule has 9 heteroatoms. The maximum Gasteiger partial charge on any atom is 0.306 e. The maximum atomic E-state index is 13.0. The van der Waals surface area contributed by atoms with Gasteiger partial charge in [0, 0.05) is 25.1 Å². The van der Waals surface area contributed by atoms with E-state index in [2.05, 4.69) is 0 Å². The summed E-state index contributed by atoms with van der Waals surface area (Å²) in [6.07, 6.45) is 4.13. The van der Waals surface area contributed by atoms with E-state index < -0.39 is 20.1 Å². The van der Waals surface area contributed by atoms with Crippen LogP contribution < -0.4 is 4.18 Å². The zero-order valence-electron chi connectivity index (χ0n) is 16.7. The first kappa shape index (κ1) is 22.5. The third-order valence-electron chi connectivity index (χ3n) is 4.55. The summed E-state index contributed by atoms with van der Waals surface area (Å²) >= 11 is 0. The van der Waals surface area contributed by atoms with Crippen LogP contribution in [0, 0.1) is 0 Å². The van der Waals surface area contributed by atoms with Gasteiger partial charge in [-0.2, -0.15) is 12.7 Å². The summed E-state index contributed by atoms with van der Waals surface area (Å²) in [6.45, 7) is 1.03. The van der Waals surface area contributed by atoms with Crippen molar-refractivity contribution < 1.29 is 25.8 Å². The fourth-order valence-corrected chi connectivity index (χ4v) is 4.78. The Morgan fingerprint density at radius 2 is 1.77 bits per heavy atom. The second kappa shape index (κ2) is 9.74. The zero-order valence-corrected chi connectivity index (χ0v) is 18.3. The van der Waals surface area contributed by atoms with Gasteiger partial charge in [0.15, 0.2) is 0 Å². The van der Waals surface area contributed by atoms with E-state index in [-0.39, 0.29) is 24.9 Å². The van der Waals surface area contributed by atoms with Gasteiger partial charge < -0.3 is 8.92 Å². The molecular weight excluding hydrogens is 426 g/mol. The van der Waals surface area contributed by atoms with E-state index in [1.165, 1.54) is 21.8 Å². The number of nitrogens with zero attached hydrogens (tertiary/aromatic N) is 1. The highest BCUT2D eigenvalue weighted by atomic mass is 32.2. The Morgan fingerprint density at radius 1 is 1.07 bits per heavy atom. The van der Waals surface area contributed by atoms with E-state index in [9.17, 15) is 16.8 Å². The van der Waals surface area contributed by atoms with Gasteiger partial charge in [-0.1, -0.05) is 42.5 Å². The molecule has 1 aliphatic rings. The minimum Gasteiger partial charge on any atom is -0.383 e. The Labute approximate surface area is 178 Å². The van der Waals surface area contributed by atoms with Crippen LogP contribution in [0.4, 0.5) is 0 Å². The standard InChI is InChI=1S/C21H25NO6S2/c1-29(23,24)28-20-11-9-19(10-12-20)16-22(17-21-8-5-14-27-21)30(25,26)15-13-18-6-3-2-4-7-18/h2-4,6-7,9-13,15,21H,5,8,14,16-17H2,1H3/b15-13+. The molecule has 0 aliphatic carbocycles. The molecule has 7 nitrogen and oxygen atoms in total. The predicted molar refractivity (Wildman–Crippen MR) is 116 cm³/mol. The highest BCUT2D eigenvalue weighted by Gasteiger charge is 2.26. The smallest absolute Gasteiger partial charge is 0.306 e. The van der Waals surface area contributed by atoms with E-state index in [1.54, 1.807) is 18.2 Å². The van der Waals surface area contributed by atoms with E-state index >= 15 is 0 Å². The highest BCUT2D eigenvalue weighted by molar-refractivity contribution is 7.92. The third-order valence-corrected chi connectivity index (χ3v) is 6.53. The van der Waals surface area contributed by atoms with Crippen LogP contribution in [0.2, 0.25) is 0 Å². The average molecular weight is 452 g/mol. The predicted octanol–water partition coefficient (Wildman–Crippen LogP) is 3.01. The summed E-state index contributed by atoms with van der Waals surface area (Å²) < 4.78 is 60.4. The summed E-state index contributed by atoms with van der Waals surface area (Å²) in [5.74, 6) is 0.179. The van der Waals surface area contributed by atoms with Crippen LogP contribution in [0.25, 0.3) is 6.08 Å². The Bertz CT molecular complexity index is 1060. The largest absolute Gasteiger partial charge is 0.383 e. The molecule has 0 amide bonds. The van der Waals surface area contributed by atoms with Crippen molar-refractivity contribution in [3.63, 3.8) is 0 Å². The topological polar surface area (TPSA) is 90.0 Å². The van der Waals surface area contributed by atoms with Gasteiger partial charge in [0.1, 0.15) is 5.75 Å². The molecule has 0 N–H and O–H groups in total. The second-order valence-corrected chi connectivity index (χ2v) is 10.5. The molecule has 0 spiro atoms. The molecular formula is C21H25NO6S2. The SMILES string of the molecule is CS(=O)(=O)Oc1ccc(CN(CC2CCCO2)S(=O)(=O)/C=C/c2ccccc2)cc1. The first-order chi connectivity index (χ1) is 14.2. The van der Waals surface area contributed by atoms with Crippen molar-refractivity contribution in [3.05, 3.63) is 71.1 Å². The van der Waals surface area contributed by atoms with Gasteiger partial charge in [-0.15, -0.1) is 0 Å². The lowest BCUT2D eigenvalue weighted by molar-refractivity contribution is 0.0929. The Kier molecular flexibility index (Phi) is 7.30. The van der Waals surface area contributed by atoms with Crippen LogP contribution >= 0.6 is 0 Å². The average Bonchev–Trinajstić information content (AvgIpc) is 3.20. The number of rotatable bonds is 9. The lowest BCUT2D eigenvalue weighted by Gasteiger charge is -2.23. The Balaban J connectivity index is 1.78. The lowest BCUT2D eigenvalue weighted by Crippen LogP contribution is -2.35. The monoisotopic (exact) mass is 451 g/mol. The summed E-state index contributed by atoms with van der Waals surface area (Å²) in [5.41, 5.74) is 1.51. The zero-order chi connectivity index (χ0) is 21.6. The van der Waals surface area contributed by atoms with Crippen molar-refractivity contribution in [2.45, 2.75) is 25.5 Å². The van der Waals surface area contributed by atoms with Gasteiger partial charge in [-0.05, 0) is 42.2 Å². The molecule has 2 aromatic carbocycles. The van der Waals surface area contributed by atoms with Crippen LogP contribution in [0.15, 0.2) is 60.0 Å². The number of hydrogen-bond donors (Lipinski definition) is 0. The van der Waals surface area contributed by atoms with E-state index in [1.807, 2.05) is 30.3 Å². The van der Waals surface area contributed by atoms with Crippen molar-refractivity contribution in [2.24, 2.45) is 0 Å². The Morgan fingerprint density at radius 3 is 2.37 bits per heavy atom. The summed E-state index contributed by atoms with van der Waals surface area (Å²) in [6, 6.07) is 15.5. The molecule has 1 unspecified atom stereocenters. The van der Waals surface area contributed by atoms with Crippen LogP contribution in [0.3, 0.4) is 0 Å². The van der Waals surface area contributed by atoms with Gasteiger partial charge in [-0.25, -0.2) is 8.42 Å². The molecule has 0 radical (unpaired) electrons. The molecule has 162 valence electrons. The molecule has 30 heavy (non-hydrogen) atoms. The quantitative estimate of drug-likeness (QED) is 0.545. The molecule has 0 bridgehead atoms. The lowest BCUT2D eigenvalue weighted by atomic mass is 10.2.